The van der Waals surface area contributed by atoms with E-state index in [1.165, 1.54) is 24.3 Å². The lowest BCUT2D eigenvalue weighted by molar-refractivity contribution is 0.0697. The number of carboxylic acids is 1. The number of aromatic nitrogens is 2. The number of nitrogens with zero attached hydrogens (tertiary/aromatic N) is 3. The first-order valence-electron chi connectivity index (χ1n) is 10.4. The summed E-state index contributed by atoms with van der Waals surface area (Å²) >= 11 is 6.02. The first-order chi connectivity index (χ1) is 15.5. The highest BCUT2D eigenvalue weighted by molar-refractivity contribution is 7.92. The first kappa shape index (κ1) is 24.6. The molecule has 2 aromatic carbocycles. The average Bonchev–Trinajstić information content (AvgIpc) is 3.04. The third-order valence-corrected chi connectivity index (χ3v) is 7.43. The molecule has 0 aliphatic heterocycles. The molecule has 10 heteroatoms. The highest BCUT2D eigenvalue weighted by Crippen LogP contribution is 2.28. The number of benzene rings is 2. The molecule has 0 aliphatic rings. The van der Waals surface area contributed by atoms with Gasteiger partial charge in [-0.05, 0) is 63.1 Å². The van der Waals surface area contributed by atoms with Gasteiger partial charge in [0.2, 0.25) is 0 Å². The van der Waals surface area contributed by atoms with Crippen molar-refractivity contribution in [3.8, 4) is 0 Å². The van der Waals surface area contributed by atoms with Crippen LogP contribution in [0.3, 0.4) is 0 Å². The minimum absolute atomic E-state index is 0.00504. The van der Waals surface area contributed by atoms with Crippen molar-refractivity contribution in [2.75, 3.05) is 23.2 Å². The summed E-state index contributed by atoms with van der Waals surface area (Å²) in [5.41, 5.74) is 3.83. The van der Waals surface area contributed by atoms with Crippen LogP contribution in [0, 0.1) is 13.8 Å². The van der Waals surface area contributed by atoms with E-state index in [2.05, 4.69) is 9.82 Å². The van der Waals surface area contributed by atoms with E-state index in [4.69, 9.17) is 11.6 Å². The van der Waals surface area contributed by atoms with Crippen molar-refractivity contribution in [1.82, 2.24) is 9.78 Å². The zero-order valence-electron chi connectivity index (χ0n) is 19.0. The molecule has 0 fully saturated rings. The van der Waals surface area contributed by atoms with Gasteiger partial charge >= 0.3 is 5.97 Å². The van der Waals surface area contributed by atoms with Gasteiger partial charge in [0.1, 0.15) is 4.90 Å². The molecule has 176 valence electrons. The van der Waals surface area contributed by atoms with E-state index in [1.807, 2.05) is 37.4 Å². The largest absolute Gasteiger partial charge is 0.478 e. The van der Waals surface area contributed by atoms with Crippen LogP contribution in [-0.4, -0.2) is 42.9 Å². The molecule has 8 nitrogen and oxygen atoms in total. The lowest BCUT2D eigenvalue weighted by atomic mass is 10.1. The quantitative estimate of drug-likeness (QED) is 0.462. The standard InChI is InChI=1S/C23H27ClN4O4S/c1-5-28-16(3)18(15(2)25-28)12-13-27(4)21-11-10-17(14-19(21)23(29)30)26-33(31,32)22-9-7-6-8-20(22)24/h6-11,14,26H,5,12-13H2,1-4H3,(H,29,30). The number of aromatic carboxylic acids is 1. The van der Waals surface area contributed by atoms with Crippen LogP contribution in [-0.2, 0) is 23.0 Å². The van der Waals surface area contributed by atoms with Gasteiger partial charge in [-0.1, -0.05) is 23.7 Å². The molecule has 0 radical (unpaired) electrons. The van der Waals surface area contributed by atoms with Crippen LogP contribution in [0.4, 0.5) is 11.4 Å². The van der Waals surface area contributed by atoms with Gasteiger partial charge in [-0.2, -0.15) is 5.10 Å². The number of carbonyl (C=O) groups is 1. The topological polar surface area (TPSA) is 105 Å². The fourth-order valence-corrected chi connectivity index (χ4v) is 5.35. The summed E-state index contributed by atoms with van der Waals surface area (Å²) < 4.78 is 29.8. The summed E-state index contributed by atoms with van der Waals surface area (Å²) in [4.78, 5) is 13.7. The number of rotatable bonds is 9. The van der Waals surface area contributed by atoms with E-state index < -0.39 is 16.0 Å². The smallest absolute Gasteiger partial charge is 0.337 e. The van der Waals surface area contributed by atoms with Crippen LogP contribution in [0.5, 0.6) is 0 Å². The van der Waals surface area contributed by atoms with E-state index in [9.17, 15) is 18.3 Å². The van der Waals surface area contributed by atoms with E-state index in [-0.39, 0.29) is 21.2 Å². The fourth-order valence-electron chi connectivity index (χ4n) is 3.78. The van der Waals surface area contributed by atoms with Gasteiger partial charge in [0.15, 0.2) is 0 Å². The zero-order chi connectivity index (χ0) is 24.3. The third-order valence-electron chi connectivity index (χ3n) is 5.54. The molecular weight excluding hydrogens is 464 g/mol. The van der Waals surface area contributed by atoms with Crippen LogP contribution < -0.4 is 9.62 Å². The molecule has 0 amide bonds. The second-order valence-electron chi connectivity index (χ2n) is 7.71. The average molecular weight is 491 g/mol. The van der Waals surface area contributed by atoms with Crippen LogP contribution in [0.15, 0.2) is 47.4 Å². The number of likely N-dealkylation sites (N-methyl/N-ethyl adjacent to an activating group) is 1. The maximum Gasteiger partial charge on any atom is 0.337 e. The second-order valence-corrected chi connectivity index (χ2v) is 9.77. The molecule has 2 N–H and O–H groups in total. The monoisotopic (exact) mass is 490 g/mol. The molecule has 0 unspecified atom stereocenters. The van der Waals surface area contributed by atoms with Gasteiger partial charge in [-0.15, -0.1) is 0 Å². The first-order valence-corrected chi connectivity index (χ1v) is 12.3. The minimum Gasteiger partial charge on any atom is -0.478 e. The van der Waals surface area contributed by atoms with E-state index >= 15 is 0 Å². The molecule has 0 spiro atoms. The predicted molar refractivity (Wildman–Crippen MR) is 130 cm³/mol. The predicted octanol–water partition coefficient (Wildman–Crippen LogP) is 4.35. The van der Waals surface area contributed by atoms with Gasteiger partial charge in [-0.3, -0.25) is 9.40 Å². The summed E-state index contributed by atoms with van der Waals surface area (Å²) in [6, 6.07) is 10.5. The van der Waals surface area contributed by atoms with E-state index in [1.54, 1.807) is 18.2 Å². The Balaban J connectivity index is 1.83. The van der Waals surface area contributed by atoms with Crippen molar-refractivity contribution >= 4 is 39.0 Å². The van der Waals surface area contributed by atoms with Crippen LogP contribution in [0.2, 0.25) is 5.02 Å². The van der Waals surface area contributed by atoms with Crippen LogP contribution in [0.1, 0.15) is 34.2 Å². The fraction of sp³-hybridized carbons (Fsp3) is 0.304. The Kier molecular flexibility index (Phi) is 7.34. The Hall–Kier alpha value is -3.04. The van der Waals surface area contributed by atoms with Crippen molar-refractivity contribution < 1.29 is 18.3 Å². The minimum atomic E-state index is -3.97. The van der Waals surface area contributed by atoms with Gasteiger partial charge in [0, 0.05) is 31.5 Å². The molecule has 3 aromatic rings. The summed E-state index contributed by atoms with van der Waals surface area (Å²) in [5.74, 6) is -1.15. The lowest BCUT2D eigenvalue weighted by Gasteiger charge is -2.22. The van der Waals surface area contributed by atoms with Crippen molar-refractivity contribution in [2.24, 2.45) is 0 Å². The Morgan fingerprint density at radius 3 is 2.52 bits per heavy atom. The van der Waals surface area contributed by atoms with E-state index in [0.717, 1.165) is 23.5 Å². The normalized spacial score (nSPS) is 11.4. The maximum atomic E-state index is 12.7. The number of nitrogens with one attached hydrogen (secondary N) is 1. The lowest BCUT2D eigenvalue weighted by Crippen LogP contribution is -2.23. The van der Waals surface area contributed by atoms with E-state index in [0.29, 0.717) is 18.7 Å². The third kappa shape index (κ3) is 5.31. The Labute approximate surface area is 198 Å². The molecule has 1 heterocycles. The van der Waals surface area contributed by atoms with Crippen molar-refractivity contribution in [3.05, 3.63) is 70.0 Å². The Morgan fingerprint density at radius 2 is 1.91 bits per heavy atom. The summed E-state index contributed by atoms with van der Waals surface area (Å²) in [6.45, 7) is 7.40. The molecule has 3 rings (SSSR count). The molecule has 0 saturated heterocycles. The van der Waals surface area contributed by atoms with Gasteiger partial charge in [-0.25, -0.2) is 13.2 Å². The molecule has 0 bridgehead atoms. The Bertz CT molecular complexity index is 1290. The number of aryl methyl sites for hydroxylation is 2. The zero-order valence-corrected chi connectivity index (χ0v) is 20.5. The summed E-state index contributed by atoms with van der Waals surface area (Å²) in [7, 11) is -2.16. The molecule has 0 atom stereocenters. The maximum absolute atomic E-state index is 12.7. The van der Waals surface area contributed by atoms with Crippen LogP contribution in [0.25, 0.3) is 0 Å². The number of halogens is 1. The molecule has 0 saturated carbocycles. The number of anilines is 2. The Morgan fingerprint density at radius 1 is 1.21 bits per heavy atom. The van der Waals surface area contributed by atoms with Crippen molar-refractivity contribution in [1.29, 1.82) is 0 Å². The number of hydrogen-bond donors (Lipinski definition) is 2. The number of carboxylic acid groups (broad SMARTS) is 1. The van der Waals surface area contributed by atoms with Crippen LogP contribution >= 0.6 is 11.6 Å². The number of sulfonamides is 1. The van der Waals surface area contributed by atoms with Gasteiger partial charge < -0.3 is 10.0 Å². The molecule has 1 aromatic heterocycles. The highest BCUT2D eigenvalue weighted by atomic mass is 35.5. The van der Waals surface area contributed by atoms with Gasteiger partial charge in [0.25, 0.3) is 10.0 Å². The summed E-state index contributed by atoms with van der Waals surface area (Å²) in [5, 5.41) is 14.4. The molecular formula is C23H27ClN4O4S. The van der Waals surface area contributed by atoms with Gasteiger partial charge in [0.05, 0.1) is 22.0 Å². The highest BCUT2D eigenvalue weighted by Gasteiger charge is 2.21. The molecule has 0 aliphatic carbocycles. The van der Waals surface area contributed by atoms with Crippen molar-refractivity contribution in [3.63, 3.8) is 0 Å². The SMILES string of the molecule is CCn1nc(C)c(CCN(C)c2ccc(NS(=O)(=O)c3ccccc3Cl)cc2C(=O)O)c1C. The molecule has 33 heavy (non-hydrogen) atoms. The number of hydrogen-bond acceptors (Lipinski definition) is 5. The second kappa shape index (κ2) is 9.84. The van der Waals surface area contributed by atoms with Crippen molar-refractivity contribution in [2.45, 2.75) is 38.6 Å². The summed E-state index contributed by atoms with van der Waals surface area (Å²) in [6.07, 6.45) is 0.702.